The Balaban J connectivity index is 0.000000250. The molecule has 0 amide bonds. The smallest absolute Gasteiger partial charge is 0.547 e. The number of aliphatic carboxylic acids is 2. The number of carboxylic acid groups (broad SMARTS) is 2. The number of carboxylic acids is 2. The summed E-state index contributed by atoms with van der Waals surface area (Å²) < 4.78 is 12.9. The maximum atomic E-state index is 11.8. The van der Waals surface area contributed by atoms with Gasteiger partial charge < -0.3 is 69.9 Å². The SMILES string of the molecule is Cc1nc2c(ncn2[C@@H]2O[C@H](C(O)C(=O)[O-])[C@@H](O)[C@H]2O)c(=O)[nH]1.Cc1nc2c(ncn2[C@@H]2O[C@H](C(O)C(=O)[O-])[C@@H](O)[C@H]2O)c(=O)[nH]1.[Na+].[Na+]. The molecule has 48 heavy (non-hydrogen) atoms. The van der Waals surface area contributed by atoms with E-state index in [9.17, 15) is 60.0 Å². The van der Waals surface area contributed by atoms with Gasteiger partial charge in [0.2, 0.25) is 0 Å². The molecule has 2 aliphatic heterocycles. The Labute approximate surface area is 310 Å². The maximum Gasteiger partial charge on any atom is 1.00 e. The number of carbonyl (C=O) groups excluding carboxylic acids is 2. The van der Waals surface area contributed by atoms with Crippen molar-refractivity contribution in [3.05, 3.63) is 45.0 Å². The molecular weight excluding hydrogens is 670 g/mol. The van der Waals surface area contributed by atoms with Crippen molar-refractivity contribution < 1.29 is 119 Å². The van der Waals surface area contributed by atoms with Gasteiger partial charge in [-0.1, -0.05) is 0 Å². The second kappa shape index (κ2) is 15.5. The van der Waals surface area contributed by atoms with Gasteiger partial charge >= 0.3 is 59.1 Å². The van der Waals surface area contributed by atoms with Gasteiger partial charge in [0.25, 0.3) is 11.1 Å². The molecule has 8 N–H and O–H groups in total. The molecular formula is C24H26N8Na2O14. The average Bonchev–Trinajstić information content (AvgIpc) is 3.74. The van der Waals surface area contributed by atoms with E-state index < -0.39 is 84.3 Å². The molecule has 248 valence electrons. The Morgan fingerprint density at radius 1 is 0.729 bits per heavy atom. The van der Waals surface area contributed by atoms with Crippen LogP contribution >= 0.6 is 0 Å². The number of H-pyrrole nitrogens is 2. The minimum Gasteiger partial charge on any atom is -0.547 e. The van der Waals surface area contributed by atoms with E-state index in [1.54, 1.807) is 13.8 Å². The van der Waals surface area contributed by atoms with E-state index >= 15 is 0 Å². The standard InChI is InChI=1S/2C12H14N4O7.2Na/c2*1-3-14-9-4(10(20)15-3)13-2-16(9)11-6(18)5(17)8(23-11)7(19)12(21)22;;/h2*2,5-8,11,17-19H,1H3,(H,21,22)(H,14,15,20);;/q;;2*+1/p-2/t2*5-,6+,7?,8-,11+;;/m00../s1. The minimum absolute atomic E-state index is 0. The zero-order valence-corrected chi connectivity index (χ0v) is 29.6. The zero-order valence-electron chi connectivity index (χ0n) is 25.6. The van der Waals surface area contributed by atoms with E-state index in [2.05, 4.69) is 29.9 Å². The number of aromatic nitrogens is 8. The number of rotatable bonds is 6. The number of imidazole rings is 2. The van der Waals surface area contributed by atoms with Gasteiger partial charge in [0, 0.05) is 0 Å². The van der Waals surface area contributed by atoms with Crippen molar-refractivity contribution in [1.29, 1.82) is 0 Å². The Morgan fingerprint density at radius 2 is 1.06 bits per heavy atom. The van der Waals surface area contributed by atoms with Gasteiger partial charge in [0.1, 0.15) is 60.5 Å². The molecule has 2 saturated heterocycles. The van der Waals surface area contributed by atoms with Crippen LogP contribution in [0.15, 0.2) is 22.2 Å². The molecule has 0 radical (unpaired) electrons. The van der Waals surface area contributed by atoms with Gasteiger partial charge in [-0.2, -0.15) is 0 Å². The summed E-state index contributed by atoms with van der Waals surface area (Å²) in [4.78, 5) is 65.8. The first-order valence-electron chi connectivity index (χ1n) is 13.3. The zero-order chi connectivity index (χ0) is 33.8. The molecule has 4 aromatic heterocycles. The number of nitrogens with zero attached hydrogens (tertiary/aromatic N) is 6. The van der Waals surface area contributed by atoms with Gasteiger partial charge in [-0.3, -0.25) is 18.7 Å². The van der Waals surface area contributed by atoms with Crippen LogP contribution in [0.5, 0.6) is 0 Å². The van der Waals surface area contributed by atoms with Gasteiger partial charge in [0.05, 0.1) is 24.6 Å². The molecule has 6 rings (SSSR count). The van der Waals surface area contributed by atoms with Crippen LogP contribution < -0.4 is 80.4 Å². The van der Waals surface area contributed by atoms with E-state index in [1.807, 2.05) is 0 Å². The van der Waals surface area contributed by atoms with E-state index in [4.69, 9.17) is 9.47 Å². The predicted octanol–water partition coefficient (Wildman–Crippen LogP) is -13.7. The Hall–Kier alpha value is -2.68. The normalized spacial score (nSPS) is 27.8. The molecule has 6 heterocycles. The largest absolute Gasteiger partial charge is 1.00 e. The summed E-state index contributed by atoms with van der Waals surface area (Å²) in [5.74, 6) is -3.10. The fourth-order valence-corrected chi connectivity index (χ4v) is 5.06. The number of aromatic amines is 2. The van der Waals surface area contributed by atoms with Crippen LogP contribution in [0.2, 0.25) is 0 Å². The van der Waals surface area contributed by atoms with Crippen LogP contribution in [-0.4, -0.2) is 130 Å². The van der Waals surface area contributed by atoms with Crippen molar-refractivity contribution in [3.8, 4) is 0 Å². The number of ether oxygens (including phenoxy) is 2. The summed E-state index contributed by atoms with van der Waals surface area (Å²) in [7, 11) is 0. The fraction of sp³-hybridized carbons (Fsp3) is 0.500. The third-order valence-electron chi connectivity index (χ3n) is 7.31. The van der Waals surface area contributed by atoms with Crippen LogP contribution in [-0.2, 0) is 19.1 Å². The second-order valence-electron chi connectivity index (χ2n) is 10.4. The Kier molecular flexibility index (Phi) is 12.8. The van der Waals surface area contributed by atoms with Gasteiger partial charge in [-0.25, -0.2) is 19.9 Å². The first kappa shape index (κ1) is 39.8. The van der Waals surface area contributed by atoms with Crippen LogP contribution in [0.25, 0.3) is 22.3 Å². The number of fused-ring (bicyclic) bond motifs is 2. The molecule has 0 aromatic carbocycles. The molecule has 0 bridgehead atoms. The number of nitrogens with one attached hydrogen (secondary N) is 2. The molecule has 4 aromatic rings. The third kappa shape index (κ3) is 7.27. The number of hydrogen-bond acceptors (Lipinski definition) is 18. The summed E-state index contributed by atoms with van der Waals surface area (Å²) in [5.41, 5.74) is -0.831. The van der Waals surface area contributed by atoms with Gasteiger partial charge in [-0.15, -0.1) is 0 Å². The van der Waals surface area contributed by atoms with Crippen molar-refractivity contribution in [3.63, 3.8) is 0 Å². The Bertz CT molecular complexity index is 1780. The number of aryl methyl sites for hydroxylation is 2. The number of aliphatic hydroxyl groups excluding tert-OH is 6. The molecule has 24 heteroatoms. The monoisotopic (exact) mass is 696 g/mol. The quantitative estimate of drug-likeness (QED) is 0.0867. The molecule has 0 aliphatic carbocycles. The summed E-state index contributed by atoms with van der Waals surface area (Å²) >= 11 is 0. The second-order valence-corrected chi connectivity index (χ2v) is 10.4. The predicted molar refractivity (Wildman–Crippen MR) is 140 cm³/mol. The summed E-state index contributed by atoms with van der Waals surface area (Å²) in [5, 5.41) is 80.3. The molecule has 0 saturated carbocycles. The summed E-state index contributed by atoms with van der Waals surface area (Å²) in [6.07, 6.45) is -14.1. The van der Waals surface area contributed by atoms with E-state index in [1.165, 1.54) is 21.8 Å². The van der Waals surface area contributed by atoms with Gasteiger partial charge in [-0.05, 0) is 13.8 Å². The molecule has 2 unspecified atom stereocenters. The topological polar surface area (TPSA) is 347 Å². The van der Waals surface area contributed by atoms with Crippen LogP contribution in [0, 0.1) is 13.8 Å². The molecule has 2 fully saturated rings. The van der Waals surface area contributed by atoms with Crippen molar-refractivity contribution >= 4 is 34.3 Å². The van der Waals surface area contributed by atoms with Gasteiger partial charge in [0.15, 0.2) is 34.8 Å². The van der Waals surface area contributed by atoms with E-state index in [0.29, 0.717) is 11.6 Å². The molecule has 10 atom stereocenters. The van der Waals surface area contributed by atoms with Crippen molar-refractivity contribution in [2.24, 2.45) is 0 Å². The van der Waals surface area contributed by atoms with Crippen LogP contribution in [0.4, 0.5) is 0 Å². The third-order valence-corrected chi connectivity index (χ3v) is 7.31. The van der Waals surface area contributed by atoms with Crippen molar-refractivity contribution in [2.45, 2.75) is 75.1 Å². The number of carbonyl (C=O) groups is 2. The number of aliphatic hydroxyl groups is 6. The van der Waals surface area contributed by atoms with E-state index in [0.717, 1.165) is 0 Å². The maximum absolute atomic E-state index is 11.8. The fourth-order valence-electron chi connectivity index (χ4n) is 5.06. The van der Waals surface area contributed by atoms with E-state index in [-0.39, 0.29) is 81.4 Å². The Morgan fingerprint density at radius 3 is 1.38 bits per heavy atom. The average molecular weight is 696 g/mol. The van der Waals surface area contributed by atoms with Crippen LogP contribution in [0.3, 0.4) is 0 Å². The van der Waals surface area contributed by atoms with Crippen molar-refractivity contribution in [1.82, 2.24) is 39.0 Å². The molecule has 0 spiro atoms. The summed E-state index contributed by atoms with van der Waals surface area (Å²) in [6.45, 7) is 3.09. The minimum atomic E-state index is -2.13. The van der Waals surface area contributed by atoms with Crippen LogP contribution in [0.1, 0.15) is 24.1 Å². The number of hydrogen-bond donors (Lipinski definition) is 8. The first-order chi connectivity index (χ1) is 21.6. The summed E-state index contributed by atoms with van der Waals surface area (Å²) in [6, 6.07) is 0. The molecule has 2 aliphatic rings. The first-order valence-corrected chi connectivity index (χ1v) is 13.3. The van der Waals surface area contributed by atoms with Crippen molar-refractivity contribution in [2.75, 3.05) is 0 Å². The molecule has 22 nitrogen and oxygen atoms in total.